The van der Waals surface area contributed by atoms with Crippen LogP contribution >= 0.6 is 0 Å². The van der Waals surface area contributed by atoms with Crippen LogP contribution in [0, 0.1) is 0 Å². The van der Waals surface area contributed by atoms with Crippen molar-refractivity contribution in [1.82, 2.24) is 14.7 Å². The summed E-state index contributed by atoms with van der Waals surface area (Å²) in [5.74, 6) is 1.72. The zero-order chi connectivity index (χ0) is 16.9. The van der Waals surface area contributed by atoms with Crippen molar-refractivity contribution in [3.05, 3.63) is 30.6 Å². The van der Waals surface area contributed by atoms with Crippen LogP contribution in [0.2, 0.25) is 0 Å². The molecule has 0 atom stereocenters. The van der Waals surface area contributed by atoms with Gasteiger partial charge in [0.15, 0.2) is 11.5 Å². The minimum Gasteiger partial charge on any atom is -0.494 e. The third kappa shape index (κ3) is 3.37. The molecule has 1 aliphatic rings. The first-order chi connectivity index (χ1) is 11.7. The number of carbonyl (C=O) groups is 1. The van der Waals surface area contributed by atoms with Crippen LogP contribution in [0.15, 0.2) is 30.6 Å². The van der Waals surface area contributed by atoms with E-state index in [1.54, 1.807) is 35.0 Å². The maximum atomic E-state index is 12.5. The van der Waals surface area contributed by atoms with Gasteiger partial charge in [-0.3, -0.25) is 4.68 Å². The Balaban J connectivity index is 1.68. The molecule has 8 nitrogen and oxygen atoms in total. The normalized spacial score (nSPS) is 12.1. The number of nitrogens with one attached hydrogen (secondary N) is 1. The number of aromatic nitrogens is 2. The Morgan fingerprint density at radius 3 is 2.88 bits per heavy atom. The quantitative estimate of drug-likeness (QED) is 0.877. The van der Waals surface area contributed by atoms with Crippen LogP contribution in [0.4, 0.5) is 10.5 Å². The smallest absolute Gasteiger partial charge is 0.322 e. The van der Waals surface area contributed by atoms with Crippen molar-refractivity contribution in [2.45, 2.75) is 13.5 Å². The maximum Gasteiger partial charge on any atom is 0.322 e. The van der Waals surface area contributed by atoms with Crippen LogP contribution < -0.4 is 19.5 Å². The van der Waals surface area contributed by atoms with E-state index in [0.717, 1.165) is 0 Å². The predicted molar refractivity (Wildman–Crippen MR) is 87.6 cm³/mol. The number of urea groups is 1. The molecular formula is C16H20N4O4. The van der Waals surface area contributed by atoms with Crippen molar-refractivity contribution >= 4 is 11.7 Å². The molecule has 0 saturated carbocycles. The molecule has 3 rings (SSSR count). The van der Waals surface area contributed by atoms with E-state index in [2.05, 4.69) is 10.4 Å². The molecule has 0 fully saturated rings. The van der Waals surface area contributed by atoms with Crippen LogP contribution in [-0.4, -0.2) is 47.7 Å². The maximum absolute atomic E-state index is 12.5. The summed E-state index contributed by atoms with van der Waals surface area (Å²) in [6.07, 6.45) is 3.58. The lowest BCUT2D eigenvalue weighted by Gasteiger charge is -2.22. The Bertz CT molecular complexity index is 702. The number of rotatable bonds is 6. The number of likely N-dealkylation sites (N-methyl/N-ethyl adjacent to an activating group) is 1. The molecule has 128 valence electrons. The number of anilines is 1. The van der Waals surface area contributed by atoms with Gasteiger partial charge in [0.05, 0.1) is 19.3 Å². The average molecular weight is 332 g/mol. The van der Waals surface area contributed by atoms with E-state index in [1.807, 2.05) is 19.2 Å². The van der Waals surface area contributed by atoms with Crippen LogP contribution in [0.5, 0.6) is 17.2 Å². The van der Waals surface area contributed by atoms with Gasteiger partial charge in [0.1, 0.15) is 5.75 Å². The standard InChI is InChI=1S/C16H20N4O4/c1-3-19(7-8-20-6-4-5-17-20)16(21)18-12-9-14-15(24-11-23-14)10-13(12)22-2/h4-6,9-10H,3,7-8,11H2,1-2H3,(H,18,21). The number of hydrogen-bond donors (Lipinski definition) is 1. The van der Waals surface area contributed by atoms with Crippen LogP contribution in [0.1, 0.15) is 6.92 Å². The summed E-state index contributed by atoms with van der Waals surface area (Å²) in [5, 5.41) is 7.01. The molecule has 2 heterocycles. The van der Waals surface area contributed by atoms with Gasteiger partial charge in [-0.05, 0) is 13.0 Å². The lowest BCUT2D eigenvalue weighted by atomic mass is 10.2. The molecule has 1 aromatic heterocycles. The predicted octanol–water partition coefficient (Wildman–Crippen LogP) is 2.17. The first-order valence-corrected chi connectivity index (χ1v) is 7.72. The van der Waals surface area contributed by atoms with Crippen molar-refractivity contribution in [2.24, 2.45) is 0 Å². The Kier molecular flexibility index (Phi) is 4.74. The second kappa shape index (κ2) is 7.12. The number of benzene rings is 1. The lowest BCUT2D eigenvalue weighted by molar-refractivity contribution is 0.174. The molecule has 0 saturated heterocycles. The minimum atomic E-state index is -0.207. The zero-order valence-corrected chi connectivity index (χ0v) is 13.7. The van der Waals surface area contributed by atoms with E-state index in [9.17, 15) is 4.79 Å². The van der Waals surface area contributed by atoms with E-state index in [4.69, 9.17) is 14.2 Å². The number of ether oxygens (including phenoxy) is 3. The summed E-state index contributed by atoms with van der Waals surface area (Å²) in [6.45, 7) is 3.86. The molecule has 24 heavy (non-hydrogen) atoms. The second-order valence-corrected chi connectivity index (χ2v) is 5.18. The molecule has 0 spiro atoms. The summed E-state index contributed by atoms with van der Waals surface area (Å²) in [7, 11) is 1.54. The van der Waals surface area contributed by atoms with Crippen LogP contribution in [0.25, 0.3) is 0 Å². The molecule has 2 amide bonds. The van der Waals surface area contributed by atoms with Gasteiger partial charge in [-0.25, -0.2) is 4.79 Å². The van der Waals surface area contributed by atoms with Gasteiger partial charge in [-0.1, -0.05) is 0 Å². The summed E-state index contributed by atoms with van der Waals surface area (Å²) in [4.78, 5) is 14.2. The lowest BCUT2D eigenvalue weighted by Crippen LogP contribution is -2.37. The van der Waals surface area contributed by atoms with Gasteiger partial charge in [0, 0.05) is 37.6 Å². The summed E-state index contributed by atoms with van der Waals surface area (Å²) in [5.41, 5.74) is 0.546. The molecule has 2 aromatic rings. The number of fused-ring (bicyclic) bond motifs is 1. The fraction of sp³-hybridized carbons (Fsp3) is 0.375. The van der Waals surface area contributed by atoms with Crippen LogP contribution in [0.3, 0.4) is 0 Å². The van der Waals surface area contributed by atoms with Gasteiger partial charge in [-0.15, -0.1) is 0 Å². The second-order valence-electron chi connectivity index (χ2n) is 5.18. The molecule has 1 N–H and O–H groups in total. The molecule has 0 radical (unpaired) electrons. The van der Waals surface area contributed by atoms with E-state index < -0.39 is 0 Å². The average Bonchev–Trinajstić information content (AvgIpc) is 3.25. The van der Waals surface area contributed by atoms with E-state index >= 15 is 0 Å². The highest BCUT2D eigenvalue weighted by Gasteiger charge is 2.20. The fourth-order valence-corrected chi connectivity index (χ4v) is 2.44. The third-order valence-electron chi connectivity index (χ3n) is 3.76. The van der Waals surface area contributed by atoms with Crippen LogP contribution in [-0.2, 0) is 6.54 Å². The summed E-state index contributed by atoms with van der Waals surface area (Å²) < 4.78 is 17.8. The third-order valence-corrected chi connectivity index (χ3v) is 3.76. The first-order valence-electron chi connectivity index (χ1n) is 7.72. The van der Waals surface area contributed by atoms with E-state index in [0.29, 0.717) is 42.6 Å². The van der Waals surface area contributed by atoms with Crippen molar-refractivity contribution in [1.29, 1.82) is 0 Å². The number of amides is 2. The van der Waals surface area contributed by atoms with E-state index in [-0.39, 0.29) is 12.8 Å². The highest BCUT2D eigenvalue weighted by molar-refractivity contribution is 5.91. The molecule has 0 aliphatic carbocycles. The Morgan fingerprint density at radius 1 is 1.42 bits per heavy atom. The molecular weight excluding hydrogens is 312 g/mol. The molecule has 8 heteroatoms. The monoisotopic (exact) mass is 332 g/mol. The highest BCUT2D eigenvalue weighted by atomic mass is 16.7. The van der Waals surface area contributed by atoms with Gasteiger partial charge in [0.25, 0.3) is 0 Å². The van der Waals surface area contributed by atoms with Gasteiger partial charge >= 0.3 is 6.03 Å². The van der Waals surface area contributed by atoms with E-state index in [1.165, 1.54) is 0 Å². The molecule has 1 aromatic carbocycles. The van der Waals surface area contributed by atoms with Crippen molar-refractivity contribution < 1.29 is 19.0 Å². The largest absolute Gasteiger partial charge is 0.494 e. The van der Waals surface area contributed by atoms with Gasteiger partial charge in [0.2, 0.25) is 6.79 Å². The SMILES string of the molecule is CCN(CCn1cccn1)C(=O)Nc1cc2c(cc1OC)OCO2. The fourth-order valence-electron chi connectivity index (χ4n) is 2.44. The zero-order valence-electron chi connectivity index (χ0n) is 13.7. The highest BCUT2D eigenvalue weighted by Crippen LogP contribution is 2.40. The number of nitrogens with zero attached hydrogens (tertiary/aromatic N) is 3. The number of hydrogen-bond acceptors (Lipinski definition) is 5. The molecule has 0 unspecified atom stereocenters. The van der Waals surface area contributed by atoms with Crippen molar-refractivity contribution in [3.63, 3.8) is 0 Å². The number of carbonyl (C=O) groups excluding carboxylic acids is 1. The summed E-state index contributed by atoms with van der Waals surface area (Å²) >= 11 is 0. The van der Waals surface area contributed by atoms with Gasteiger partial charge in [-0.2, -0.15) is 5.10 Å². The Morgan fingerprint density at radius 2 is 2.21 bits per heavy atom. The Hall–Kier alpha value is -2.90. The van der Waals surface area contributed by atoms with Gasteiger partial charge < -0.3 is 24.4 Å². The topological polar surface area (TPSA) is 77.9 Å². The summed E-state index contributed by atoms with van der Waals surface area (Å²) in [6, 6.07) is 5.06. The Labute approximate surface area is 139 Å². The number of methoxy groups -OCH3 is 1. The first kappa shape index (κ1) is 16.0. The molecule has 0 bridgehead atoms. The van der Waals surface area contributed by atoms with Crippen molar-refractivity contribution in [3.8, 4) is 17.2 Å². The minimum absolute atomic E-state index is 0.168. The molecule has 1 aliphatic heterocycles. The van der Waals surface area contributed by atoms with Crippen molar-refractivity contribution in [2.75, 3.05) is 32.3 Å².